The van der Waals surface area contributed by atoms with Gasteiger partial charge in [0.2, 0.25) is 0 Å². The van der Waals surface area contributed by atoms with Crippen molar-refractivity contribution in [2.45, 2.75) is 5.41 Å². The molecule has 43 heavy (non-hydrogen) atoms. The van der Waals surface area contributed by atoms with Gasteiger partial charge in [0.15, 0.2) is 0 Å². The summed E-state index contributed by atoms with van der Waals surface area (Å²) < 4.78 is 3.97. The fourth-order valence-electron chi connectivity index (χ4n) is 6.33. The minimum atomic E-state index is -0.603. The van der Waals surface area contributed by atoms with Crippen molar-refractivity contribution < 1.29 is 0 Å². The van der Waals surface area contributed by atoms with Crippen LogP contribution in [0.1, 0.15) is 22.3 Å². The zero-order valence-corrected chi connectivity index (χ0v) is 23.5. The normalized spacial score (nSPS) is 11.7. The van der Waals surface area contributed by atoms with E-state index in [4.69, 9.17) is 10.2 Å². The largest absolute Gasteiger partial charge is 0.240 e. The Morgan fingerprint density at radius 1 is 0.372 bits per heavy atom. The van der Waals surface area contributed by atoms with E-state index in [2.05, 4.69) is 158 Å². The first kappa shape index (κ1) is 25.0. The van der Waals surface area contributed by atoms with E-state index >= 15 is 0 Å². The van der Waals surface area contributed by atoms with Gasteiger partial charge in [0.25, 0.3) is 0 Å². The van der Waals surface area contributed by atoms with Gasteiger partial charge in [-0.25, -0.2) is 9.36 Å². The van der Waals surface area contributed by atoms with Gasteiger partial charge in [0.1, 0.15) is 0 Å². The van der Waals surface area contributed by atoms with Crippen LogP contribution in [0.15, 0.2) is 170 Å². The van der Waals surface area contributed by atoms with E-state index in [1.54, 1.807) is 0 Å². The van der Waals surface area contributed by atoms with Crippen LogP contribution in [-0.2, 0) is 5.41 Å². The first-order chi connectivity index (χ1) is 21.3. The lowest BCUT2D eigenvalue weighted by atomic mass is 9.65. The zero-order chi connectivity index (χ0) is 28.6. The number of hydrogen-bond donors (Lipinski definition) is 0. The average Bonchev–Trinajstić information content (AvgIpc) is 3.72. The molecule has 0 aliphatic heterocycles. The maximum absolute atomic E-state index is 4.90. The number of rotatable bonds is 6. The second kappa shape index (κ2) is 10.3. The molecule has 4 nitrogen and oxygen atoms in total. The van der Waals surface area contributed by atoms with E-state index in [1.165, 1.54) is 11.1 Å². The Morgan fingerprint density at radius 3 is 1.21 bits per heavy atom. The van der Waals surface area contributed by atoms with Crippen LogP contribution in [-0.4, -0.2) is 19.6 Å². The first-order valence-corrected chi connectivity index (χ1v) is 14.5. The topological polar surface area (TPSA) is 35.6 Å². The molecular formula is C39H28N4. The third-order valence-electron chi connectivity index (χ3n) is 8.33. The molecule has 2 aromatic heterocycles. The maximum atomic E-state index is 4.90. The van der Waals surface area contributed by atoms with Crippen LogP contribution in [0.3, 0.4) is 0 Å². The summed E-state index contributed by atoms with van der Waals surface area (Å²) in [4.78, 5) is 0. The third kappa shape index (κ3) is 4.23. The summed E-state index contributed by atoms with van der Waals surface area (Å²) in [5, 5.41) is 12.0. The van der Waals surface area contributed by atoms with Crippen LogP contribution >= 0.6 is 0 Å². The van der Waals surface area contributed by atoms with Gasteiger partial charge in [-0.2, -0.15) is 10.2 Å². The van der Waals surface area contributed by atoms with Crippen molar-refractivity contribution in [2.24, 2.45) is 0 Å². The predicted molar refractivity (Wildman–Crippen MR) is 174 cm³/mol. The van der Waals surface area contributed by atoms with E-state index in [9.17, 15) is 0 Å². The molecule has 0 aliphatic carbocycles. The van der Waals surface area contributed by atoms with Crippen molar-refractivity contribution in [1.82, 2.24) is 19.6 Å². The quantitative estimate of drug-likeness (QED) is 0.193. The van der Waals surface area contributed by atoms with Crippen LogP contribution < -0.4 is 0 Å². The number of hydrogen-bond acceptors (Lipinski definition) is 2. The fraction of sp³-hybridized carbons (Fsp3) is 0.0256. The van der Waals surface area contributed by atoms with Crippen molar-refractivity contribution in [1.29, 1.82) is 0 Å². The molecule has 0 fully saturated rings. The summed E-state index contributed by atoms with van der Waals surface area (Å²) >= 11 is 0. The highest BCUT2D eigenvalue weighted by Gasteiger charge is 2.38. The summed E-state index contributed by atoms with van der Waals surface area (Å²) in [6.07, 6.45) is 4.20. The molecule has 0 saturated carbocycles. The van der Waals surface area contributed by atoms with Crippen molar-refractivity contribution in [3.8, 4) is 11.4 Å². The molecule has 0 bridgehead atoms. The standard InChI is InChI=1S/C39H28N4/c1-3-15-31(16-4-1)39(32-17-5-2-6-18-32,33-19-11-21-35(25-33)42-27-29-13-7-9-23-37(29)40-42)34-20-12-22-36(26-34)43-28-30-14-8-10-24-38(30)41-43/h1-28H. The van der Waals surface area contributed by atoms with Crippen LogP contribution in [0.25, 0.3) is 33.2 Å². The van der Waals surface area contributed by atoms with Crippen molar-refractivity contribution in [3.05, 3.63) is 192 Å². The van der Waals surface area contributed by atoms with Crippen LogP contribution in [0.2, 0.25) is 0 Å². The molecule has 4 heteroatoms. The fourth-order valence-corrected chi connectivity index (χ4v) is 6.33. The van der Waals surface area contributed by atoms with Crippen LogP contribution in [0.4, 0.5) is 0 Å². The zero-order valence-electron chi connectivity index (χ0n) is 23.5. The van der Waals surface area contributed by atoms with E-state index in [0.717, 1.165) is 44.3 Å². The molecular weight excluding hydrogens is 524 g/mol. The second-order valence-electron chi connectivity index (χ2n) is 10.8. The molecule has 0 spiro atoms. The van der Waals surface area contributed by atoms with Gasteiger partial charge in [-0.1, -0.05) is 121 Å². The lowest BCUT2D eigenvalue weighted by Crippen LogP contribution is -2.31. The molecule has 6 aromatic carbocycles. The molecule has 0 radical (unpaired) electrons. The highest BCUT2D eigenvalue weighted by molar-refractivity contribution is 5.79. The molecule has 0 unspecified atom stereocenters. The molecule has 2 heterocycles. The minimum Gasteiger partial charge on any atom is -0.240 e. The molecule has 0 amide bonds. The van der Waals surface area contributed by atoms with Gasteiger partial charge in [0, 0.05) is 23.2 Å². The Hall–Kier alpha value is -5.74. The first-order valence-electron chi connectivity index (χ1n) is 14.5. The Morgan fingerprint density at radius 2 is 0.767 bits per heavy atom. The maximum Gasteiger partial charge on any atom is 0.0927 e. The van der Waals surface area contributed by atoms with Gasteiger partial charge in [-0.15, -0.1) is 0 Å². The van der Waals surface area contributed by atoms with Gasteiger partial charge >= 0.3 is 0 Å². The monoisotopic (exact) mass is 552 g/mol. The Bertz CT molecular complexity index is 1970. The summed E-state index contributed by atoms with van der Waals surface area (Å²) in [5.41, 5.74) is 8.06. The Kier molecular flexibility index (Phi) is 5.97. The lowest BCUT2D eigenvalue weighted by molar-refractivity contribution is 0.739. The van der Waals surface area contributed by atoms with Crippen LogP contribution in [0, 0.1) is 0 Å². The highest BCUT2D eigenvalue weighted by Crippen LogP contribution is 2.46. The molecule has 204 valence electrons. The van der Waals surface area contributed by atoms with E-state index in [1.807, 2.05) is 21.5 Å². The summed E-state index contributed by atoms with van der Waals surface area (Å²) in [6.45, 7) is 0. The lowest BCUT2D eigenvalue weighted by Gasteiger charge is -2.37. The summed E-state index contributed by atoms with van der Waals surface area (Å²) in [6, 6.07) is 55.6. The number of aromatic nitrogens is 4. The van der Waals surface area contributed by atoms with Crippen molar-refractivity contribution in [3.63, 3.8) is 0 Å². The number of fused-ring (bicyclic) bond motifs is 2. The minimum absolute atomic E-state index is 0.603. The van der Waals surface area contributed by atoms with Crippen molar-refractivity contribution in [2.75, 3.05) is 0 Å². The smallest absolute Gasteiger partial charge is 0.0927 e. The molecule has 0 atom stereocenters. The van der Waals surface area contributed by atoms with Crippen LogP contribution in [0.5, 0.6) is 0 Å². The van der Waals surface area contributed by atoms with Crippen molar-refractivity contribution >= 4 is 21.8 Å². The highest BCUT2D eigenvalue weighted by atomic mass is 15.3. The molecule has 8 aromatic rings. The Labute approximate surface area is 250 Å². The van der Waals surface area contributed by atoms with Gasteiger partial charge < -0.3 is 0 Å². The van der Waals surface area contributed by atoms with E-state index < -0.39 is 5.41 Å². The summed E-state index contributed by atoms with van der Waals surface area (Å²) in [5.74, 6) is 0. The number of nitrogens with zero attached hydrogens (tertiary/aromatic N) is 4. The SMILES string of the molecule is c1ccc(C(c2ccccc2)(c2cccc(-n3cc4ccccc4n3)c2)c2cccc(-n3cc4ccccc4n3)c2)cc1. The van der Waals surface area contributed by atoms with E-state index in [0.29, 0.717) is 0 Å². The van der Waals surface area contributed by atoms with E-state index in [-0.39, 0.29) is 0 Å². The predicted octanol–water partition coefficient (Wildman–Crippen LogP) is 8.75. The molecule has 8 rings (SSSR count). The van der Waals surface area contributed by atoms with Gasteiger partial charge in [0.05, 0.1) is 27.8 Å². The van der Waals surface area contributed by atoms with Gasteiger partial charge in [-0.3, -0.25) is 0 Å². The Balaban J connectivity index is 1.39. The second-order valence-corrected chi connectivity index (χ2v) is 10.8. The summed E-state index contributed by atoms with van der Waals surface area (Å²) in [7, 11) is 0. The molecule has 0 saturated heterocycles. The third-order valence-corrected chi connectivity index (χ3v) is 8.33. The average molecular weight is 553 g/mol. The molecule has 0 aliphatic rings. The number of benzene rings is 6. The molecule has 0 N–H and O–H groups in total. The van der Waals surface area contributed by atoms with Gasteiger partial charge in [-0.05, 0) is 58.7 Å².